The molecule has 3 heterocycles. The van der Waals surface area contributed by atoms with Crippen molar-refractivity contribution in [2.75, 3.05) is 13.1 Å². The molecular formula is C19H15F2N3O2S. The number of likely N-dealkylation sites (tertiary alicyclic amines) is 1. The maximum Gasteiger partial charge on any atom is 0.267 e. The van der Waals surface area contributed by atoms with Crippen molar-refractivity contribution in [2.24, 2.45) is 0 Å². The van der Waals surface area contributed by atoms with Crippen molar-refractivity contribution in [3.8, 4) is 10.8 Å². The smallest absolute Gasteiger partial charge is 0.267 e. The third kappa shape index (κ3) is 3.80. The van der Waals surface area contributed by atoms with E-state index in [0.29, 0.717) is 24.8 Å². The van der Waals surface area contributed by atoms with Gasteiger partial charge in [0.1, 0.15) is 11.6 Å². The Labute approximate surface area is 157 Å². The van der Waals surface area contributed by atoms with Gasteiger partial charge >= 0.3 is 0 Å². The zero-order valence-electron chi connectivity index (χ0n) is 14.1. The second-order valence-corrected chi connectivity index (χ2v) is 7.15. The number of carbonyl (C=O) groups is 1. The van der Waals surface area contributed by atoms with Crippen LogP contribution in [0.1, 0.15) is 23.7 Å². The molecule has 138 valence electrons. The normalized spacial score (nSPS) is 17.1. The number of nitrogens with zero attached hydrogens (tertiary/aromatic N) is 3. The van der Waals surface area contributed by atoms with Crippen LogP contribution in [0.2, 0.25) is 0 Å². The highest BCUT2D eigenvalue weighted by molar-refractivity contribution is 7.13. The van der Waals surface area contributed by atoms with Gasteiger partial charge in [-0.1, -0.05) is 11.2 Å². The van der Waals surface area contributed by atoms with Gasteiger partial charge in [-0.25, -0.2) is 8.78 Å². The van der Waals surface area contributed by atoms with Gasteiger partial charge in [-0.2, -0.15) is 4.98 Å². The number of carbonyl (C=O) groups excluding carboxylic acids is 1. The lowest BCUT2D eigenvalue weighted by molar-refractivity contribution is -0.124. The van der Waals surface area contributed by atoms with E-state index >= 15 is 0 Å². The summed E-state index contributed by atoms with van der Waals surface area (Å²) in [5.74, 6) is -0.343. The molecule has 0 spiro atoms. The quantitative estimate of drug-likeness (QED) is 0.633. The summed E-state index contributed by atoms with van der Waals surface area (Å²) < 4.78 is 32.1. The second kappa shape index (κ2) is 7.40. The van der Waals surface area contributed by atoms with Crippen molar-refractivity contribution >= 4 is 23.3 Å². The summed E-state index contributed by atoms with van der Waals surface area (Å²) in [6.07, 6.45) is 3.27. The lowest BCUT2D eigenvalue weighted by atomic mass is 10.1. The molecule has 1 amide bonds. The topological polar surface area (TPSA) is 59.2 Å². The standard InChI is InChI=1S/C19H15F2N3O2S/c20-14-4-5-15(21)12(10-14)3-6-17(25)24-8-7-13(11-24)18-22-19(26-23-18)16-2-1-9-27-16/h1-6,9-10,13H,7-8,11H2/b6-3-/t13-/m1/s1. The maximum absolute atomic E-state index is 13.6. The molecule has 8 heteroatoms. The molecule has 5 nitrogen and oxygen atoms in total. The van der Waals surface area contributed by atoms with E-state index in [4.69, 9.17) is 4.52 Å². The molecule has 1 fully saturated rings. The fraction of sp³-hybridized carbons (Fsp3) is 0.211. The molecule has 1 aliphatic rings. The number of rotatable bonds is 4. The summed E-state index contributed by atoms with van der Waals surface area (Å²) in [5, 5.41) is 5.97. The first-order chi connectivity index (χ1) is 13.1. The van der Waals surface area contributed by atoms with Gasteiger partial charge in [0.2, 0.25) is 5.91 Å². The minimum absolute atomic E-state index is 0.00859. The first-order valence-electron chi connectivity index (χ1n) is 8.39. The van der Waals surface area contributed by atoms with Gasteiger partial charge in [0.15, 0.2) is 5.82 Å². The van der Waals surface area contributed by atoms with Gasteiger partial charge in [-0.05, 0) is 42.1 Å². The van der Waals surface area contributed by atoms with Gasteiger partial charge in [0.25, 0.3) is 5.89 Å². The summed E-state index contributed by atoms with van der Waals surface area (Å²) >= 11 is 1.52. The molecular weight excluding hydrogens is 372 g/mol. The zero-order valence-corrected chi connectivity index (χ0v) is 15.0. The zero-order chi connectivity index (χ0) is 18.8. The van der Waals surface area contributed by atoms with E-state index in [-0.39, 0.29) is 17.4 Å². The molecule has 4 rings (SSSR count). The Bertz CT molecular complexity index is 985. The Morgan fingerprint density at radius 2 is 2.22 bits per heavy atom. The van der Waals surface area contributed by atoms with Crippen LogP contribution in [0.25, 0.3) is 16.8 Å². The first kappa shape index (κ1) is 17.5. The van der Waals surface area contributed by atoms with Gasteiger partial charge < -0.3 is 9.42 Å². The Morgan fingerprint density at radius 3 is 3.04 bits per heavy atom. The highest BCUT2D eigenvalue weighted by atomic mass is 32.1. The van der Waals surface area contributed by atoms with Crippen LogP contribution in [0.5, 0.6) is 0 Å². The predicted molar refractivity (Wildman–Crippen MR) is 96.9 cm³/mol. The average molecular weight is 387 g/mol. The van der Waals surface area contributed by atoms with Crippen LogP contribution in [-0.4, -0.2) is 34.0 Å². The minimum atomic E-state index is -0.576. The number of halogens is 2. The summed E-state index contributed by atoms with van der Waals surface area (Å²) in [6.45, 7) is 1.00. The fourth-order valence-corrected chi connectivity index (χ4v) is 3.63. The van der Waals surface area contributed by atoms with Crippen LogP contribution in [0.15, 0.2) is 46.3 Å². The van der Waals surface area contributed by atoms with Crippen LogP contribution >= 0.6 is 11.3 Å². The molecule has 0 N–H and O–H groups in total. The molecule has 0 saturated carbocycles. The Kier molecular flexibility index (Phi) is 4.81. The van der Waals surface area contributed by atoms with E-state index in [1.165, 1.54) is 23.5 Å². The average Bonchev–Trinajstić information content (AvgIpc) is 3.40. The van der Waals surface area contributed by atoms with Crippen molar-refractivity contribution in [2.45, 2.75) is 12.3 Å². The van der Waals surface area contributed by atoms with E-state index < -0.39 is 11.6 Å². The van der Waals surface area contributed by atoms with Crippen LogP contribution < -0.4 is 0 Å². The molecule has 0 unspecified atom stereocenters. The molecule has 1 aliphatic heterocycles. The number of hydrogen-bond acceptors (Lipinski definition) is 5. The third-order valence-corrected chi connectivity index (χ3v) is 5.26. The lowest BCUT2D eigenvalue weighted by Gasteiger charge is -2.13. The van der Waals surface area contributed by atoms with E-state index in [1.807, 2.05) is 17.5 Å². The minimum Gasteiger partial charge on any atom is -0.338 e. The highest BCUT2D eigenvalue weighted by Gasteiger charge is 2.30. The fourth-order valence-electron chi connectivity index (χ4n) is 2.98. The van der Waals surface area contributed by atoms with Crippen LogP contribution in [0, 0.1) is 11.6 Å². The van der Waals surface area contributed by atoms with Crippen LogP contribution in [0.3, 0.4) is 0 Å². The monoisotopic (exact) mass is 387 g/mol. The Balaban J connectivity index is 1.41. The van der Waals surface area contributed by atoms with Crippen molar-refractivity contribution < 1.29 is 18.1 Å². The summed E-state index contributed by atoms with van der Waals surface area (Å²) in [5.41, 5.74) is 0.0397. The molecule has 0 aliphatic carbocycles. The number of thiophene rings is 1. The first-order valence-corrected chi connectivity index (χ1v) is 9.27. The largest absolute Gasteiger partial charge is 0.338 e. The summed E-state index contributed by atoms with van der Waals surface area (Å²) in [7, 11) is 0. The third-order valence-electron chi connectivity index (χ3n) is 4.40. The van der Waals surface area contributed by atoms with E-state index in [0.717, 1.165) is 29.5 Å². The lowest BCUT2D eigenvalue weighted by Crippen LogP contribution is -2.26. The molecule has 3 aromatic rings. The predicted octanol–water partition coefficient (Wildman–Crippen LogP) is 4.11. The number of hydrogen-bond donors (Lipinski definition) is 0. The molecule has 0 radical (unpaired) electrons. The molecule has 2 aromatic heterocycles. The van der Waals surface area contributed by atoms with Gasteiger partial charge in [0, 0.05) is 30.6 Å². The number of aromatic nitrogens is 2. The molecule has 1 atom stereocenters. The van der Waals surface area contributed by atoms with Crippen molar-refractivity contribution in [1.29, 1.82) is 0 Å². The van der Waals surface area contributed by atoms with Crippen molar-refractivity contribution in [1.82, 2.24) is 15.0 Å². The number of amides is 1. The number of benzene rings is 1. The summed E-state index contributed by atoms with van der Waals surface area (Å²) in [4.78, 5) is 19.3. The van der Waals surface area contributed by atoms with Crippen LogP contribution in [-0.2, 0) is 4.79 Å². The summed E-state index contributed by atoms with van der Waals surface area (Å²) in [6, 6.07) is 6.94. The molecule has 1 aromatic carbocycles. The van der Waals surface area contributed by atoms with Crippen molar-refractivity contribution in [3.63, 3.8) is 0 Å². The molecule has 27 heavy (non-hydrogen) atoms. The van der Waals surface area contributed by atoms with Gasteiger partial charge in [-0.3, -0.25) is 4.79 Å². The van der Waals surface area contributed by atoms with E-state index in [9.17, 15) is 13.6 Å². The van der Waals surface area contributed by atoms with Crippen molar-refractivity contribution in [3.05, 3.63) is 64.8 Å². The molecule has 0 bridgehead atoms. The van der Waals surface area contributed by atoms with E-state index in [2.05, 4.69) is 10.1 Å². The van der Waals surface area contributed by atoms with Crippen LogP contribution in [0.4, 0.5) is 8.78 Å². The Morgan fingerprint density at radius 1 is 1.33 bits per heavy atom. The maximum atomic E-state index is 13.6. The molecule has 1 saturated heterocycles. The van der Waals surface area contributed by atoms with Gasteiger partial charge in [0.05, 0.1) is 4.88 Å². The highest BCUT2D eigenvalue weighted by Crippen LogP contribution is 2.29. The SMILES string of the molecule is O=C(/C=C\c1cc(F)ccc1F)N1CC[C@@H](c2noc(-c3cccs3)n2)C1. The second-order valence-electron chi connectivity index (χ2n) is 6.20. The van der Waals surface area contributed by atoms with Gasteiger partial charge in [-0.15, -0.1) is 11.3 Å². The van der Waals surface area contributed by atoms with E-state index in [1.54, 1.807) is 4.90 Å². The Hall–Kier alpha value is -2.87.